The number of hydrogen-bond donors (Lipinski definition) is 2. The maximum Gasteiger partial charge on any atom is 0.138 e. The topological polar surface area (TPSA) is 63.8 Å². The Labute approximate surface area is 121 Å². The molecule has 102 valence electrons. The molecule has 0 fully saturated rings. The van der Waals surface area contributed by atoms with Gasteiger partial charge in [-0.3, -0.25) is 0 Å². The van der Waals surface area contributed by atoms with Crippen molar-refractivity contribution in [2.75, 3.05) is 18.4 Å². The lowest BCUT2D eigenvalue weighted by atomic mass is 10.2. The van der Waals surface area contributed by atoms with Crippen LogP contribution in [0.25, 0.3) is 20.7 Å². The summed E-state index contributed by atoms with van der Waals surface area (Å²) in [5.41, 5.74) is 6.73. The molecule has 0 unspecified atom stereocenters. The summed E-state index contributed by atoms with van der Waals surface area (Å²) < 4.78 is 0. The van der Waals surface area contributed by atoms with E-state index < -0.39 is 0 Å². The summed E-state index contributed by atoms with van der Waals surface area (Å²) in [6, 6.07) is 12.5. The molecule has 4 nitrogen and oxygen atoms in total. The Kier molecular flexibility index (Phi) is 3.90. The summed E-state index contributed by atoms with van der Waals surface area (Å²) >= 11 is 1.69. The molecule has 5 heteroatoms. The van der Waals surface area contributed by atoms with Gasteiger partial charge in [0.15, 0.2) is 0 Å². The minimum Gasteiger partial charge on any atom is -0.369 e. The molecule has 3 N–H and O–H groups in total. The number of thiophene rings is 1. The molecule has 1 aromatic carbocycles. The average Bonchev–Trinajstić information content (AvgIpc) is 2.93. The maximum absolute atomic E-state index is 5.51. The smallest absolute Gasteiger partial charge is 0.138 e. The number of anilines is 1. The monoisotopic (exact) mass is 284 g/mol. The number of aromatic nitrogens is 2. The number of nitrogens with zero attached hydrogens (tertiary/aromatic N) is 2. The van der Waals surface area contributed by atoms with Gasteiger partial charge in [0, 0.05) is 11.4 Å². The van der Waals surface area contributed by atoms with Crippen LogP contribution < -0.4 is 11.1 Å². The van der Waals surface area contributed by atoms with Crippen molar-refractivity contribution in [2.45, 2.75) is 6.42 Å². The molecule has 0 amide bonds. The Balaban J connectivity index is 1.96. The van der Waals surface area contributed by atoms with Gasteiger partial charge in [0.2, 0.25) is 0 Å². The lowest BCUT2D eigenvalue weighted by molar-refractivity contribution is 0.871. The second-order valence-electron chi connectivity index (χ2n) is 4.49. The molecule has 0 saturated carbocycles. The normalized spacial score (nSPS) is 10.8. The van der Waals surface area contributed by atoms with Crippen LogP contribution in [0, 0.1) is 0 Å². The first-order valence-corrected chi connectivity index (χ1v) is 7.44. The molecule has 0 aliphatic rings. The summed E-state index contributed by atoms with van der Waals surface area (Å²) in [5.74, 6) is 0.891. The Morgan fingerprint density at radius 3 is 2.80 bits per heavy atom. The summed E-state index contributed by atoms with van der Waals surface area (Å²) in [6.45, 7) is 1.51. The predicted molar refractivity (Wildman–Crippen MR) is 85.0 cm³/mol. The van der Waals surface area contributed by atoms with Crippen molar-refractivity contribution in [3.63, 3.8) is 0 Å². The summed E-state index contributed by atoms with van der Waals surface area (Å²) in [4.78, 5) is 10.9. The van der Waals surface area contributed by atoms with Gasteiger partial charge in [-0.1, -0.05) is 30.3 Å². The minimum atomic E-state index is 0.681. The second-order valence-corrected chi connectivity index (χ2v) is 5.52. The van der Waals surface area contributed by atoms with Gasteiger partial charge in [-0.15, -0.1) is 11.3 Å². The standard InChI is InChI=1S/C15H16N4S/c16-7-4-8-17-14-12-9-13(11-5-2-1-3-6-11)20-15(12)19-10-18-14/h1-3,5-6,9-10H,4,7-8,16H2,(H,17,18,19). The van der Waals surface area contributed by atoms with E-state index in [4.69, 9.17) is 5.73 Å². The maximum atomic E-state index is 5.51. The van der Waals surface area contributed by atoms with Crippen molar-refractivity contribution in [3.05, 3.63) is 42.7 Å². The van der Waals surface area contributed by atoms with E-state index in [1.54, 1.807) is 17.7 Å². The summed E-state index contributed by atoms with van der Waals surface area (Å²) in [6.07, 6.45) is 2.54. The number of nitrogens with two attached hydrogens (primary N) is 1. The van der Waals surface area contributed by atoms with E-state index in [9.17, 15) is 0 Å². The number of benzene rings is 1. The molecular weight excluding hydrogens is 268 g/mol. The number of fused-ring (bicyclic) bond motifs is 1. The van der Waals surface area contributed by atoms with E-state index in [2.05, 4.69) is 33.5 Å². The zero-order valence-electron chi connectivity index (χ0n) is 11.0. The summed E-state index contributed by atoms with van der Waals surface area (Å²) in [7, 11) is 0. The molecule has 0 bridgehead atoms. The van der Waals surface area contributed by atoms with Gasteiger partial charge in [0.05, 0.1) is 5.39 Å². The largest absolute Gasteiger partial charge is 0.369 e. The van der Waals surface area contributed by atoms with Gasteiger partial charge >= 0.3 is 0 Å². The third-order valence-corrected chi connectivity index (χ3v) is 4.15. The highest BCUT2D eigenvalue weighted by Gasteiger charge is 2.09. The zero-order valence-corrected chi connectivity index (χ0v) is 11.9. The van der Waals surface area contributed by atoms with Gasteiger partial charge in [-0.2, -0.15) is 0 Å². The SMILES string of the molecule is NCCCNc1ncnc2sc(-c3ccccc3)cc12. The molecule has 0 saturated heterocycles. The highest BCUT2D eigenvalue weighted by molar-refractivity contribution is 7.21. The quantitative estimate of drug-likeness (QED) is 0.707. The highest BCUT2D eigenvalue weighted by atomic mass is 32.1. The zero-order chi connectivity index (χ0) is 13.8. The molecule has 2 heterocycles. The van der Waals surface area contributed by atoms with Crippen molar-refractivity contribution < 1.29 is 0 Å². The third-order valence-electron chi connectivity index (χ3n) is 3.06. The van der Waals surface area contributed by atoms with E-state index in [0.29, 0.717) is 6.54 Å². The van der Waals surface area contributed by atoms with Crippen molar-refractivity contribution in [3.8, 4) is 10.4 Å². The van der Waals surface area contributed by atoms with Crippen LogP contribution in [0.2, 0.25) is 0 Å². The van der Waals surface area contributed by atoms with Gasteiger partial charge in [0.25, 0.3) is 0 Å². The highest BCUT2D eigenvalue weighted by Crippen LogP contribution is 2.34. The van der Waals surface area contributed by atoms with Crippen molar-refractivity contribution in [1.29, 1.82) is 0 Å². The number of nitrogens with one attached hydrogen (secondary N) is 1. The lowest BCUT2D eigenvalue weighted by Crippen LogP contribution is -2.09. The lowest BCUT2D eigenvalue weighted by Gasteiger charge is -2.04. The van der Waals surface area contributed by atoms with E-state index >= 15 is 0 Å². The molecule has 0 aliphatic heterocycles. The fraction of sp³-hybridized carbons (Fsp3) is 0.200. The van der Waals surface area contributed by atoms with Crippen LogP contribution in [0.3, 0.4) is 0 Å². The van der Waals surface area contributed by atoms with Crippen LogP contribution in [0.4, 0.5) is 5.82 Å². The van der Waals surface area contributed by atoms with Crippen LogP contribution >= 0.6 is 11.3 Å². The van der Waals surface area contributed by atoms with Crippen molar-refractivity contribution >= 4 is 27.4 Å². The van der Waals surface area contributed by atoms with Crippen LogP contribution in [-0.4, -0.2) is 23.1 Å². The van der Waals surface area contributed by atoms with E-state index in [1.807, 2.05) is 18.2 Å². The molecule has 3 rings (SSSR count). The first kappa shape index (κ1) is 13.0. The third kappa shape index (κ3) is 2.64. The van der Waals surface area contributed by atoms with Gasteiger partial charge in [-0.05, 0) is 24.6 Å². The minimum absolute atomic E-state index is 0.681. The first-order valence-electron chi connectivity index (χ1n) is 6.62. The fourth-order valence-corrected chi connectivity index (χ4v) is 3.05. The van der Waals surface area contributed by atoms with Crippen LogP contribution in [0.1, 0.15) is 6.42 Å². The fourth-order valence-electron chi connectivity index (χ4n) is 2.05. The van der Waals surface area contributed by atoms with E-state index in [1.165, 1.54) is 10.4 Å². The molecule has 0 radical (unpaired) electrons. The first-order chi connectivity index (χ1) is 9.88. The predicted octanol–water partition coefficient (Wildman–Crippen LogP) is 3.12. The summed E-state index contributed by atoms with van der Waals surface area (Å²) in [5, 5.41) is 4.41. The van der Waals surface area contributed by atoms with Crippen LogP contribution in [0.5, 0.6) is 0 Å². The molecule has 0 spiro atoms. The van der Waals surface area contributed by atoms with Crippen molar-refractivity contribution in [1.82, 2.24) is 9.97 Å². The van der Waals surface area contributed by atoms with E-state index in [0.717, 1.165) is 29.0 Å². The number of hydrogen-bond acceptors (Lipinski definition) is 5. The molecule has 0 aliphatic carbocycles. The van der Waals surface area contributed by atoms with Gasteiger partial charge in [0.1, 0.15) is 17.0 Å². The Morgan fingerprint density at radius 2 is 2.00 bits per heavy atom. The Hall–Kier alpha value is -1.98. The van der Waals surface area contributed by atoms with Gasteiger partial charge < -0.3 is 11.1 Å². The van der Waals surface area contributed by atoms with Crippen LogP contribution in [-0.2, 0) is 0 Å². The number of rotatable bonds is 5. The molecule has 20 heavy (non-hydrogen) atoms. The molecule has 2 aromatic heterocycles. The van der Waals surface area contributed by atoms with Crippen molar-refractivity contribution in [2.24, 2.45) is 5.73 Å². The van der Waals surface area contributed by atoms with Gasteiger partial charge in [-0.25, -0.2) is 9.97 Å². The molecule has 3 aromatic rings. The second kappa shape index (κ2) is 5.98. The van der Waals surface area contributed by atoms with E-state index in [-0.39, 0.29) is 0 Å². The average molecular weight is 284 g/mol. The molecule has 0 atom stereocenters. The molecular formula is C15H16N4S. The Bertz CT molecular complexity index is 693. The van der Waals surface area contributed by atoms with Crippen LogP contribution in [0.15, 0.2) is 42.7 Å². The Morgan fingerprint density at radius 1 is 1.15 bits per heavy atom.